The van der Waals surface area contributed by atoms with E-state index in [1.165, 1.54) is 0 Å². The Hall–Kier alpha value is 1.56. The zero-order valence-electron chi connectivity index (χ0n) is 8.21. The van der Waals surface area contributed by atoms with E-state index in [0.29, 0.717) is 12.2 Å². The van der Waals surface area contributed by atoms with Crippen LogP contribution < -0.4 is 88.7 Å². The third-order valence-electron chi connectivity index (χ3n) is 0.368. The van der Waals surface area contributed by atoms with Crippen molar-refractivity contribution in [2.24, 2.45) is 0 Å². The summed E-state index contributed by atoms with van der Waals surface area (Å²) in [6, 6.07) is 0. The molecule has 0 bridgehead atoms. The van der Waals surface area contributed by atoms with Crippen molar-refractivity contribution in [1.82, 2.24) is 0 Å². The molecule has 0 saturated heterocycles. The number of hydrogen-bond donors (Lipinski definition) is 2. The van der Waals surface area contributed by atoms with Crippen LogP contribution in [0.2, 0.25) is 0 Å². The Morgan fingerprint density at radius 3 is 0.929 bits per heavy atom. The fourth-order valence-corrected chi connectivity index (χ4v) is 0.143. The van der Waals surface area contributed by atoms with Crippen LogP contribution in [0.5, 0.6) is 0 Å². The molecular weight excluding hydrogens is 229 g/mol. The van der Waals surface area contributed by atoms with Crippen LogP contribution in [0.25, 0.3) is 0 Å². The minimum atomic E-state index is -1.26. The molecule has 0 aliphatic carbocycles. The van der Waals surface area contributed by atoms with Crippen LogP contribution in [-0.4, -0.2) is 38.6 Å². The molecule has 0 radical (unpaired) electrons. The van der Waals surface area contributed by atoms with E-state index in [1.807, 2.05) is 0 Å². The maximum Gasteiger partial charge on any atom is 1.00 e. The fourth-order valence-electron chi connectivity index (χ4n) is 0.143. The number of carboxylic acids is 2. The molecular formula is C4H7Na3O7. The molecule has 0 spiro atoms. The predicted molar refractivity (Wildman–Crippen MR) is 30.2 cm³/mol. The first kappa shape index (κ1) is 45.0. The summed E-state index contributed by atoms with van der Waals surface area (Å²) in [5, 5.41) is 15.6. The monoisotopic (exact) mass is 236 g/mol. The maximum atomic E-state index is 9.55. The van der Waals surface area contributed by atoms with Gasteiger partial charge in [-0.2, -0.15) is 0 Å². The number of rotatable bonds is 2. The van der Waals surface area contributed by atoms with E-state index in [9.17, 15) is 9.59 Å². The van der Waals surface area contributed by atoms with E-state index >= 15 is 0 Å². The molecule has 0 aromatic rings. The Kier molecular flexibility index (Phi) is 94.2. The third-order valence-corrected chi connectivity index (χ3v) is 0.368. The van der Waals surface area contributed by atoms with Crippen LogP contribution in [0.3, 0.4) is 0 Å². The number of hydrogen-bond acceptors (Lipinski definition) is 5. The van der Waals surface area contributed by atoms with E-state index < -0.39 is 11.9 Å². The first-order valence-corrected chi connectivity index (χ1v) is 1.77. The molecule has 14 heavy (non-hydrogen) atoms. The topological polar surface area (TPSA) is 165 Å². The van der Waals surface area contributed by atoms with Gasteiger partial charge in [0.25, 0.3) is 0 Å². The van der Waals surface area contributed by atoms with Gasteiger partial charge in [0.15, 0.2) is 0 Å². The SMILES string of the molecule is O=C(O)/C=C\C(=O)O.[Na+].[Na+].[Na+].[OH-].[OH-].[OH-]. The summed E-state index contributed by atoms with van der Waals surface area (Å²) in [5.41, 5.74) is 0. The van der Waals surface area contributed by atoms with Gasteiger partial charge in [0.2, 0.25) is 0 Å². The second kappa shape index (κ2) is 29.3. The summed E-state index contributed by atoms with van der Waals surface area (Å²) >= 11 is 0. The van der Waals surface area contributed by atoms with Gasteiger partial charge in [-0.3, -0.25) is 0 Å². The van der Waals surface area contributed by atoms with Gasteiger partial charge >= 0.3 is 101 Å². The van der Waals surface area contributed by atoms with E-state index in [1.54, 1.807) is 0 Å². The molecule has 68 valence electrons. The van der Waals surface area contributed by atoms with Crippen molar-refractivity contribution in [2.75, 3.05) is 0 Å². The molecule has 0 saturated carbocycles. The molecule has 0 aliphatic heterocycles. The Labute approximate surface area is 147 Å². The second-order valence-electron chi connectivity index (χ2n) is 1.01. The third kappa shape index (κ3) is 49.7. The molecule has 5 N–H and O–H groups in total. The largest absolute Gasteiger partial charge is 1.00 e. The van der Waals surface area contributed by atoms with Crippen molar-refractivity contribution in [3.8, 4) is 0 Å². The summed E-state index contributed by atoms with van der Waals surface area (Å²) in [4.78, 5) is 19.1. The van der Waals surface area contributed by atoms with Gasteiger partial charge in [-0.15, -0.1) is 0 Å². The molecule has 0 aliphatic rings. The van der Waals surface area contributed by atoms with Gasteiger partial charge in [0.1, 0.15) is 0 Å². The quantitative estimate of drug-likeness (QED) is 0.354. The zero-order chi connectivity index (χ0) is 6.57. The van der Waals surface area contributed by atoms with Crippen molar-refractivity contribution in [3.05, 3.63) is 12.2 Å². The normalized spacial score (nSPS) is 5.43. The van der Waals surface area contributed by atoms with Crippen molar-refractivity contribution in [1.29, 1.82) is 0 Å². The van der Waals surface area contributed by atoms with Crippen molar-refractivity contribution >= 4 is 11.9 Å². The molecule has 0 rings (SSSR count). The molecule has 0 heterocycles. The molecule has 0 fully saturated rings. The molecule has 0 unspecified atom stereocenters. The summed E-state index contributed by atoms with van der Waals surface area (Å²) in [5.74, 6) is -2.51. The fraction of sp³-hybridized carbons (Fsp3) is 0. The smallest absolute Gasteiger partial charge is 0.870 e. The Morgan fingerprint density at radius 1 is 0.714 bits per heavy atom. The van der Waals surface area contributed by atoms with Gasteiger partial charge in [-0.1, -0.05) is 0 Å². The molecule has 7 nitrogen and oxygen atoms in total. The van der Waals surface area contributed by atoms with E-state index in [-0.39, 0.29) is 105 Å². The van der Waals surface area contributed by atoms with E-state index in [4.69, 9.17) is 10.2 Å². The van der Waals surface area contributed by atoms with Crippen molar-refractivity contribution in [2.45, 2.75) is 0 Å². The first-order valence-electron chi connectivity index (χ1n) is 1.77. The number of carbonyl (C=O) groups is 2. The Balaban J connectivity index is -0.0000000163. The van der Waals surface area contributed by atoms with Crippen molar-refractivity contribution < 1.29 is 125 Å². The van der Waals surface area contributed by atoms with Crippen LogP contribution in [0.15, 0.2) is 12.2 Å². The summed E-state index contributed by atoms with van der Waals surface area (Å²) in [6.07, 6.45) is 1.12. The molecule has 0 atom stereocenters. The summed E-state index contributed by atoms with van der Waals surface area (Å²) in [6.45, 7) is 0. The first-order chi connectivity index (χ1) is 3.63. The summed E-state index contributed by atoms with van der Waals surface area (Å²) in [7, 11) is 0. The number of carboxylic acid groups (broad SMARTS) is 2. The van der Waals surface area contributed by atoms with Crippen LogP contribution in [0.1, 0.15) is 0 Å². The van der Waals surface area contributed by atoms with Gasteiger partial charge < -0.3 is 26.6 Å². The Bertz CT molecular complexity index is 132. The zero-order valence-corrected chi connectivity index (χ0v) is 14.2. The molecule has 0 aromatic heterocycles. The average molecular weight is 236 g/mol. The van der Waals surface area contributed by atoms with Crippen LogP contribution in [0.4, 0.5) is 0 Å². The van der Waals surface area contributed by atoms with Crippen LogP contribution >= 0.6 is 0 Å². The van der Waals surface area contributed by atoms with Gasteiger partial charge in [-0.25, -0.2) is 9.59 Å². The van der Waals surface area contributed by atoms with Gasteiger partial charge in [0, 0.05) is 12.2 Å². The Morgan fingerprint density at radius 2 is 0.857 bits per heavy atom. The van der Waals surface area contributed by atoms with E-state index in [2.05, 4.69) is 0 Å². The molecule has 0 amide bonds. The van der Waals surface area contributed by atoms with Gasteiger partial charge in [0.05, 0.1) is 0 Å². The minimum absolute atomic E-state index is 0. The number of aliphatic carboxylic acids is 2. The van der Waals surface area contributed by atoms with Crippen LogP contribution in [0, 0.1) is 0 Å². The second-order valence-corrected chi connectivity index (χ2v) is 1.01. The van der Waals surface area contributed by atoms with Crippen molar-refractivity contribution in [3.63, 3.8) is 0 Å². The standard InChI is InChI=1S/C4H4O4.3Na.3H2O/c5-3(6)1-2-4(7)8;;;;;;/h1-2H,(H,5,6)(H,7,8);;;;3*1H2/q;3*+1;;;/p-3/b2-1-;;;;;;. The predicted octanol–water partition coefficient (Wildman–Crippen LogP) is -9.81. The van der Waals surface area contributed by atoms with E-state index in [0.717, 1.165) is 0 Å². The summed E-state index contributed by atoms with van der Waals surface area (Å²) < 4.78 is 0. The molecule has 0 aromatic carbocycles. The average Bonchev–Trinajstić information content (AvgIpc) is 1.61. The maximum absolute atomic E-state index is 9.55. The van der Waals surface area contributed by atoms with Gasteiger partial charge in [-0.05, 0) is 0 Å². The minimum Gasteiger partial charge on any atom is -0.870 e. The molecule has 10 heteroatoms. The van der Waals surface area contributed by atoms with Crippen LogP contribution in [-0.2, 0) is 9.59 Å².